The molecule has 2 aliphatic carbocycles. The maximum atomic E-state index is 2.47. The van der Waals surface area contributed by atoms with E-state index in [1.165, 1.54) is 57.4 Å². The molecule has 2 unspecified atom stereocenters. The first-order valence-corrected chi connectivity index (χ1v) is 10.7. The summed E-state index contributed by atoms with van der Waals surface area (Å²) >= 11 is 0. The highest BCUT2D eigenvalue weighted by molar-refractivity contribution is 7.37. The molecule has 0 aliphatic heterocycles. The van der Waals surface area contributed by atoms with Crippen LogP contribution in [0.2, 0.25) is 0 Å². The van der Waals surface area contributed by atoms with Gasteiger partial charge in [-0.3, -0.25) is 0 Å². The zero-order valence-electron chi connectivity index (χ0n) is 14.6. The molecule has 2 aromatic rings. The number of benzene rings is 2. The van der Waals surface area contributed by atoms with Crippen LogP contribution in [0, 0.1) is 12.8 Å². The first-order valence-electron chi connectivity index (χ1n) is 9.04. The fourth-order valence-electron chi connectivity index (χ4n) is 4.26. The molecule has 2 atom stereocenters. The lowest BCUT2D eigenvalue weighted by atomic mass is 9.82. The molecule has 0 saturated carbocycles. The molecule has 2 aromatic carbocycles. The first kappa shape index (κ1) is 15.9. The Hall–Kier alpha value is -1.65. The zero-order valence-corrected chi connectivity index (χ0v) is 15.6. The third kappa shape index (κ3) is 2.68. The largest absolute Gasteiger partial charge is 0.125 e. The Kier molecular flexibility index (Phi) is 4.42. The van der Waals surface area contributed by atoms with E-state index in [1.54, 1.807) is 5.57 Å². The third-order valence-corrected chi connectivity index (χ3v) is 6.27. The van der Waals surface area contributed by atoms with Crippen LogP contribution in [0.1, 0.15) is 30.4 Å². The smallest absolute Gasteiger partial charge is 0.00778 e. The normalized spacial score (nSPS) is 19.2. The van der Waals surface area contributed by atoms with Crippen LogP contribution in [0.4, 0.5) is 0 Å². The Balaban J connectivity index is 2.13. The van der Waals surface area contributed by atoms with Gasteiger partial charge in [-0.1, -0.05) is 54.6 Å². The molecule has 0 aromatic heterocycles. The van der Waals surface area contributed by atoms with Gasteiger partial charge in [0.15, 0.2) is 0 Å². The van der Waals surface area contributed by atoms with Gasteiger partial charge in [0.25, 0.3) is 0 Å². The van der Waals surface area contributed by atoms with E-state index >= 15 is 0 Å². The molecule has 0 heterocycles. The number of aryl methyl sites for hydroxylation is 1. The third-order valence-electron chi connectivity index (χ3n) is 5.37. The molecule has 0 saturated heterocycles. The minimum absolute atomic E-state index is 0.656. The van der Waals surface area contributed by atoms with E-state index in [1.807, 2.05) is 0 Å². The van der Waals surface area contributed by atoms with E-state index in [-0.39, 0.29) is 0 Å². The number of hydrogen-bond donors (Lipinski definition) is 0. The summed E-state index contributed by atoms with van der Waals surface area (Å²) in [6.07, 6.45) is 12.2. The zero-order chi connectivity index (χ0) is 16.5. The highest BCUT2D eigenvalue weighted by Gasteiger charge is 2.21. The van der Waals surface area contributed by atoms with Crippen LogP contribution in [0.25, 0.3) is 23.8 Å². The topological polar surface area (TPSA) is 0 Å². The fourth-order valence-corrected chi connectivity index (χ4v) is 5.13. The van der Waals surface area contributed by atoms with Crippen LogP contribution < -0.4 is 20.9 Å². The van der Waals surface area contributed by atoms with Crippen LogP contribution >= 0.6 is 8.58 Å². The van der Waals surface area contributed by atoms with Crippen LogP contribution in [0.3, 0.4) is 0 Å². The summed E-state index contributed by atoms with van der Waals surface area (Å²) in [6.45, 7) is 4.63. The van der Waals surface area contributed by atoms with Gasteiger partial charge in [-0.05, 0) is 82.5 Å². The van der Waals surface area contributed by atoms with Crippen molar-refractivity contribution in [2.45, 2.75) is 26.2 Å². The van der Waals surface area contributed by atoms with Crippen molar-refractivity contribution in [1.29, 1.82) is 0 Å². The van der Waals surface area contributed by atoms with Crippen LogP contribution in [0.5, 0.6) is 0 Å². The van der Waals surface area contributed by atoms with Crippen LogP contribution in [-0.2, 0) is 0 Å². The summed E-state index contributed by atoms with van der Waals surface area (Å²) in [6, 6.07) is 13.6. The first-order chi connectivity index (χ1) is 11.8. The maximum Gasteiger partial charge on any atom is -0.00778 e. The van der Waals surface area contributed by atoms with Gasteiger partial charge >= 0.3 is 0 Å². The van der Waals surface area contributed by atoms with Crippen LogP contribution in [0.15, 0.2) is 36.4 Å². The van der Waals surface area contributed by atoms with Crippen molar-refractivity contribution < 1.29 is 0 Å². The molecule has 0 nitrogen and oxygen atoms in total. The maximum absolute atomic E-state index is 2.47. The molecule has 0 amide bonds. The monoisotopic (exact) mass is 332 g/mol. The van der Waals surface area contributed by atoms with Gasteiger partial charge in [-0.25, -0.2) is 0 Å². The van der Waals surface area contributed by atoms with E-state index in [4.69, 9.17) is 0 Å². The summed E-state index contributed by atoms with van der Waals surface area (Å²) in [5.41, 5.74) is 4.55. The molecular formula is C23H25P. The predicted molar refractivity (Wildman–Crippen MR) is 108 cm³/mol. The quantitative estimate of drug-likeness (QED) is 0.758. The van der Waals surface area contributed by atoms with Crippen molar-refractivity contribution in [2.75, 3.05) is 12.8 Å². The van der Waals surface area contributed by atoms with E-state index in [0.717, 1.165) is 8.58 Å². The Morgan fingerprint density at radius 1 is 0.958 bits per heavy atom. The van der Waals surface area contributed by atoms with E-state index in [0.29, 0.717) is 5.92 Å². The van der Waals surface area contributed by atoms with Crippen molar-refractivity contribution >= 4 is 32.4 Å². The minimum Gasteiger partial charge on any atom is -0.125 e. The summed E-state index contributed by atoms with van der Waals surface area (Å²) in [4.78, 5) is 0. The molecule has 24 heavy (non-hydrogen) atoms. The second-order valence-electron chi connectivity index (χ2n) is 6.94. The molecule has 0 radical (unpaired) electrons. The Bertz CT molecular complexity index is 1010. The minimum atomic E-state index is 0.656. The molecule has 122 valence electrons. The lowest BCUT2D eigenvalue weighted by Gasteiger charge is -2.25. The SMILES string of the molecule is CPCC1CC=c2ccccc2=C1c1c(C)ccc2c1=CCCC=2. The van der Waals surface area contributed by atoms with Crippen molar-refractivity contribution in [1.82, 2.24) is 0 Å². The van der Waals surface area contributed by atoms with Crippen molar-refractivity contribution in [2.24, 2.45) is 5.92 Å². The van der Waals surface area contributed by atoms with Gasteiger partial charge in [-0.15, -0.1) is 8.58 Å². The van der Waals surface area contributed by atoms with E-state index < -0.39 is 0 Å². The van der Waals surface area contributed by atoms with Gasteiger partial charge < -0.3 is 0 Å². The van der Waals surface area contributed by atoms with E-state index in [9.17, 15) is 0 Å². The summed E-state index contributed by atoms with van der Waals surface area (Å²) in [7, 11) is 1.00. The molecule has 2 aliphatic rings. The summed E-state index contributed by atoms with van der Waals surface area (Å²) in [5.74, 6) is 0.656. The van der Waals surface area contributed by atoms with Gasteiger partial charge in [-0.2, -0.15) is 0 Å². The highest BCUT2D eigenvalue weighted by Crippen LogP contribution is 2.29. The van der Waals surface area contributed by atoms with Gasteiger partial charge in [0.2, 0.25) is 0 Å². The molecule has 0 fully saturated rings. The van der Waals surface area contributed by atoms with Gasteiger partial charge in [0.05, 0.1) is 0 Å². The second-order valence-corrected chi connectivity index (χ2v) is 8.06. The number of fused-ring (bicyclic) bond motifs is 2. The Labute approximate surface area is 146 Å². The fraction of sp³-hybridized carbons (Fsp3) is 0.304. The lowest BCUT2D eigenvalue weighted by Crippen LogP contribution is -2.39. The Morgan fingerprint density at radius 2 is 1.79 bits per heavy atom. The number of rotatable bonds is 3. The van der Waals surface area contributed by atoms with Gasteiger partial charge in [0.1, 0.15) is 0 Å². The highest BCUT2D eigenvalue weighted by atomic mass is 31.1. The van der Waals surface area contributed by atoms with Crippen LogP contribution in [-0.4, -0.2) is 12.8 Å². The Morgan fingerprint density at radius 3 is 2.67 bits per heavy atom. The molecule has 4 rings (SSSR count). The molecule has 0 N–H and O–H groups in total. The lowest BCUT2D eigenvalue weighted by molar-refractivity contribution is 0.782. The van der Waals surface area contributed by atoms with Gasteiger partial charge in [0, 0.05) is 0 Å². The molecule has 0 bridgehead atoms. The summed E-state index contributed by atoms with van der Waals surface area (Å²) < 4.78 is 0. The average Bonchev–Trinajstić information content (AvgIpc) is 2.62. The average molecular weight is 332 g/mol. The molecule has 1 heteroatoms. The molecular weight excluding hydrogens is 307 g/mol. The standard InChI is InChI=1S/C23H25P/c1-16-11-12-17-7-3-5-9-20(17)22(16)23-19(15-24-2)14-13-18-8-4-6-10-21(18)23/h4,6-13,19,24H,3,5,14-15H2,1-2H3. The van der Waals surface area contributed by atoms with Crippen molar-refractivity contribution in [3.63, 3.8) is 0 Å². The number of hydrogen-bond acceptors (Lipinski definition) is 0. The summed E-state index contributed by atoms with van der Waals surface area (Å²) in [5, 5.41) is 5.79. The predicted octanol–water partition coefficient (Wildman–Crippen LogP) is 2.66. The molecule has 0 spiro atoms. The second kappa shape index (κ2) is 6.69. The van der Waals surface area contributed by atoms with Crippen molar-refractivity contribution in [3.8, 4) is 0 Å². The van der Waals surface area contributed by atoms with Crippen molar-refractivity contribution in [3.05, 3.63) is 68.4 Å². The van der Waals surface area contributed by atoms with E-state index in [2.05, 4.69) is 68.2 Å².